The van der Waals surface area contributed by atoms with Gasteiger partial charge < -0.3 is 0 Å². The lowest BCUT2D eigenvalue weighted by molar-refractivity contribution is 1.12. The van der Waals surface area contributed by atoms with E-state index in [9.17, 15) is 0 Å². The van der Waals surface area contributed by atoms with Gasteiger partial charge in [0, 0.05) is 0 Å². The highest BCUT2D eigenvalue weighted by Crippen LogP contribution is 2.17. The van der Waals surface area contributed by atoms with Crippen molar-refractivity contribution < 1.29 is 0 Å². The van der Waals surface area contributed by atoms with Crippen LogP contribution >= 0.6 is 0 Å². The molecule has 0 N–H and O–H groups in total. The van der Waals surface area contributed by atoms with Gasteiger partial charge in [0.2, 0.25) is 0 Å². The van der Waals surface area contributed by atoms with E-state index in [-0.39, 0.29) is 0 Å². The van der Waals surface area contributed by atoms with Gasteiger partial charge in [-0.2, -0.15) is 0 Å². The lowest BCUT2D eigenvalue weighted by Crippen LogP contribution is -2.26. The van der Waals surface area contributed by atoms with Crippen LogP contribution in [0.15, 0.2) is 42.5 Å². The largest absolute Gasteiger partial charge is 0.0764 e. The SMILES string of the molecule is CC.Cc1ccc(-c2ccc3c(c2)=CCCC=3)cc1. The lowest BCUT2D eigenvalue weighted by Gasteiger charge is -2.05. The lowest BCUT2D eigenvalue weighted by atomic mass is 10.00. The molecule has 0 heterocycles. The average Bonchev–Trinajstić information content (AvgIpc) is 2.49. The first kappa shape index (κ1) is 13.6. The minimum atomic E-state index is 1.17. The summed E-state index contributed by atoms with van der Waals surface area (Å²) in [7, 11) is 0. The normalized spacial score (nSPS) is 12.4. The molecule has 2 aromatic carbocycles. The maximum absolute atomic E-state index is 2.34. The molecule has 0 bridgehead atoms. The van der Waals surface area contributed by atoms with E-state index >= 15 is 0 Å². The number of hydrogen-bond acceptors (Lipinski definition) is 0. The van der Waals surface area contributed by atoms with Crippen molar-refractivity contribution in [1.82, 2.24) is 0 Å². The van der Waals surface area contributed by atoms with E-state index in [1.807, 2.05) is 13.8 Å². The third-order valence-electron chi connectivity index (χ3n) is 3.37. The van der Waals surface area contributed by atoms with Gasteiger partial charge in [-0.1, -0.05) is 68.0 Å². The van der Waals surface area contributed by atoms with Gasteiger partial charge in [0.1, 0.15) is 0 Å². The Balaban J connectivity index is 0.000000637. The third-order valence-corrected chi connectivity index (χ3v) is 3.37. The summed E-state index contributed by atoms with van der Waals surface area (Å²) in [4.78, 5) is 0. The monoisotopic (exact) mass is 250 g/mol. The Hall–Kier alpha value is -1.82. The molecule has 2 aromatic rings. The van der Waals surface area contributed by atoms with Crippen LogP contribution in [0.25, 0.3) is 23.3 Å². The Morgan fingerprint density at radius 1 is 0.684 bits per heavy atom. The van der Waals surface area contributed by atoms with Crippen molar-refractivity contribution in [3.63, 3.8) is 0 Å². The van der Waals surface area contributed by atoms with Gasteiger partial charge in [-0.25, -0.2) is 0 Å². The van der Waals surface area contributed by atoms with E-state index in [2.05, 4.69) is 61.5 Å². The number of benzene rings is 2. The molecule has 3 rings (SSSR count). The summed E-state index contributed by atoms with van der Waals surface area (Å²) in [6, 6.07) is 15.5. The molecule has 0 aliphatic heterocycles. The van der Waals surface area contributed by atoms with Crippen molar-refractivity contribution >= 4 is 12.2 Å². The van der Waals surface area contributed by atoms with Crippen LogP contribution in [0, 0.1) is 6.92 Å². The molecule has 0 saturated heterocycles. The first-order valence-electron chi connectivity index (χ1n) is 7.20. The average molecular weight is 250 g/mol. The van der Waals surface area contributed by atoms with Gasteiger partial charge >= 0.3 is 0 Å². The minimum Gasteiger partial charge on any atom is -0.0764 e. The van der Waals surface area contributed by atoms with Crippen molar-refractivity contribution in [2.24, 2.45) is 0 Å². The van der Waals surface area contributed by atoms with Crippen LogP contribution in [-0.2, 0) is 0 Å². The van der Waals surface area contributed by atoms with Crippen LogP contribution in [0.2, 0.25) is 0 Å². The molecule has 0 radical (unpaired) electrons. The molecular formula is C19H22. The first-order valence-corrected chi connectivity index (χ1v) is 7.20. The highest BCUT2D eigenvalue weighted by atomic mass is 14.0. The standard InChI is InChI=1S/C17H16.C2H6/c1-13-6-8-15(9-7-13)17-11-10-14-4-2-3-5-16(14)12-17;1-2/h4-12H,2-3H2,1H3;1-2H3. The van der Waals surface area contributed by atoms with E-state index in [1.54, 1.807) is 0 Å². The molecule has 0 spiro atoms. The highest BCUT2D eigenvalue weighted by molar-refractivity contribution is 5.64. The smallest absolute Gasteiger partial charge is 0.0178 e. The van der Waals surface area contributed by atoms with Gasteiger partial charge in [0.25, 0.3) is 0 Å². The van der Waals surface area contributed by atoms with Crippen molar-refractivity contribution in [3.05, 3.63) is 58.5 Å². The van der Waals surface area contributed by atoms with Gasteiger partial charge in [-0.15, -0.1) is 0 Å². The zero-order valence-corrected chi connectivity index (χ0v) is 12.1. The predicted octanol–water partition coefficient (Wildman–Crippen LogP) is 4.04. The topological polar surface area (TPSA) is 0 Å². The van der Waals surface area contributed by atoms with Gasteiger partial charge in [-0.05, 0) is 47.4 Å². The highest BCUT2D eigenvalue weighted by Gasteiger charge is 1.99. The second-order valence-corrected chi connectivity index (χ2v) is 4.70. The Morgan fingerprint density at radius 2 is 1.26 bits per heavy atom. The molecule has 0 nitrogen and oxygen atoms in total. The van der Waals surface area contributed by atoms with Crippen molar-refractivity contribution in [2.45, 2.75) is 33.6 Å². The maximum Gasteiger partial charge on any atom is -0.0178 e. The Labute approximate surface area is 116 Å². The van der Waals surface area contributed by atoms with Crippen LogP contribution in [0.4, 0.5) is 0 Å². The van der Waals surface area contributed by atoms with Gasteiger partial charge in [0.15, 0.2) is 0 Å². The molecule has 0 fully saturated rings. The van der Waals surface area contributed by atoms with Crippen LogP contribution in [0.5, 0.6) is 0 Å². The van der Waals surface area contributed by atoms with E-state index in [1.165, 1.54) is 40.0 Å². The van der Waals surface area contributed by atoms with E-state index < -0.39 is 0 Å². The van der Waals surface area contributed by atoms with E-state index in [0.717, 1.165) is 0 Å². The molecule has 1 aliphatic rings. The fourth-order valence-corrected chi connectivity index (χ4v) is 2.34. The Kier molecular flexibility index (Phi) is 4.57. The van der Waals surface area contributed by atoms with Crippen LogP contribution in [-0.4, -0.2) is 0 Å². The third kappa shape index (κ3) is 3.14. The maximum atomic E-state index is 2.34. The zero-order chi connectivity index (χ0) is 13.7. The summed E-state index contributed by atoms with van der Waals surface area (Å²) in [5.74, 6) is 0. The summed E-state index contributed by atoms with van der Waals surface area (Å²) in [5.41, 5.74) is 3.93. The fourth-order valence-electron chi connectivity index (χ4n) is 2.34. The zero-order valence-electron chi connectivity index (χ0n) is 12.1. The van der Waals surface area contributed by atoms with Crippen LogP contribution in [0.3, 0.4) is 0 Å². The molecule has 19 heavy (non-hydrogen) atoms. The second-order valence-electron chi connectivity index (χ2n) is 4.70. The summed E-state index contributed by atoms with van der Waals surface area (Å²) < 4.78 is 0. The molecule has 0 aromatic heterocycles. The molecular weight excluding hydrogens is 228 g/mol. The molecule has 0 saturated carbocycles. The Morgan fingerprint density at radius 3 is 1.95 bits per heavy atom. The van der Waals surface area contributed by atoms with Crippen molar-refractivity contribution in [2.75, 3.05) is 0 Å². The number of rotatable bonds is 1. The van der Waals surface area contributed by atoms with Crippen molar-refractivity contribution in [1.29, 1.82) is 0 Å². The molecule has 0 atom stereocenters. The van der Waals surface area contributed by atoms with E-state index in [0.29, 0.717) is 0 Å². The second kappa shape index (κ2) is 6.38. The quantitative estimate of drug-likeness (QED) is 0.716. The Bertz CT molecular complexity index is 645. The van der Waals surface area contributed by atoms with Gasteiger partial charge in [0.05, 0.1) is 0 Å². The number of fused-ring (bicyclic) bond motifs is 1. The van der Waals surface area contributed by atoms with E-state index in [4.69, 9.17) is 0 Å². The van der Waals surface area contributed by atoms with Crippen molar-refractivity contribution in [3.8, 4) is 11.1 Å². The van der Waals surface area contributed by atoms with Crippen LogP contribution < -0.4 is 10.4 Å². The van der Waals surface area contributed by atoms with Crippen LogP contribution in [0.1, 0.15) is 32.3 Å². The molecule has 0 amide bonds. The summed E-state index contributed by atoms with van der Waals surface area (Å²) in [5, 5.41) is 2.77. The predicted molar refractivity (Wildman–Crippen MR) is 85.4 cm³/mol. The first-order chi connectivity index (χ1) is 9.33. The fraction of sp³-hybridized carbons (Fsp3) is 0.263. The minimum absolute atomic E-state index is 1.17. The molecule has 0 heteroatoms. The summed E-state index contributed by atoms with van der Waals surface area (Å²) in [6.07, 6.45) is 7.02. The summed E-state index contributed by atoms with van der Waals surface area (Å²) in [6.45, 7) is 6.12. The number of aryl methyl sites for hydroxylation is 1. The molecule has 98 valence electrons. The molecule has 1 aliphatic carbocycles. The van der Waals surface area contributed by atoms with Gasteiger partial charge in [-0.3, -0.25) is 0 Å². The summed E-state index contributed by atoms with van der Waals surface area (Å²) >= 11 is 0. The number of hydrogen-bond donors (Lipinski definition) is 0. The molecule has 0 unspecified atom stereocenters.